The molecule has 0 unspecified atom stereocenters. The van der Waals surface area contributed by atoms with Crippen LogP contribution in [0.25, 0.3) is 11.4 Å². The molecular formula is C15H16N8O. The van der Waals surface area contributed by atoms with Crippen LogP contribution in [0.2, 0.25) is 0 Å². The van der Waals surface area contributed by atoms with Crippen LogP contribution in [0.4, 0.5) is 5.69 Å². The Morgan fingerprint density at radius 1 is 1.33 bits per heavy atom. The molecular weight excluding hydrogens is 308 g/mol. The Morgan fingerprint density at radius 3 is 3.04 bits per heavy atom. The fourth-order valence-electron chi connectivity index (χ4n) is 2.47. The standard InChI is InChI=1S/C15H16N8O/c24-14(6-7-22-10-16-9-17-22)18-12-3-1-2-11(8-12)15-19-20-21-23(15)13-4-5-13/h1-3,8-10,13H,4-7H2,(H,18,24). The molecule has 1 aromatic carbocycles. The smallest absolute Gasteiger partial charge is 0.226 e. The first kappa shape index (κ1) is 14.5. The number of carbonyl (C=O) groups is 1. The van der Waals surface area contributed by atoms with Crippen molar-refractivity contribution in [1.82, 2.24) is 35.0 Å². The number of hydrogen-bond donors (Lipinski definition) is 1. The van der Waals surface area contributed by atoms with E-state index in [1.807, 2.05) is 28.9 Å². The highest BCUT2D eigenvalue weighted by atomic mass is 16.1. The first-order valence-electron chi connectivity index (χ1n) is 7.80. The molecule has 0 saturated heterocycles. The molecule has 0 bridgehead atoms. The van der Waals surface area contributed by atoms with Crippen LogP contribution in [-0.2, 0) is 11.3 Å². The lowest BCUT2D eigenvalue weighted by molar-refractivity contribution is -0.116. The summed E-state index contributed by atoms with van der Waals surface area (Å²) >= 11 is 0. The fourth-order valence-corrected chi connectivity index (χ4v) is 2.47. The number of tetrazole rings is 1. The molecule has 1 N–H and O–H groups in total. The molecule has 2 aromatic heterocycles. The molecule has 9 nitrogen and oxygen atoms in total. The van der Waals surface area contributed by atoms with Gasteiger partial charge in [-0.15, -0.1) is 5.10 Å². The van der Waals surface area contributed by atoms with Crippen LogP contribution in [0.15, 0.2) is 36.9 Å². The predicted octanol–water partition coefficient (Wildman–Crippen LogP) is 1.30. The van der Waals surface area contributed by atoms with Gasteiger partial charge in [0, 0.05) is 17.7 Å². The number of benzene rings is 1. The molecule has 2 heterocycles. The minimum Gasteiger partial charge on any atom is -0.326 e. The summed E-state index contributed by atoms with van der Waals surface area (Å²) in [5, 5.41) is 18.8. The van der Waals surface area contributed by atoms with Crippen LogP contribution in [0.1, 0.15) is 25.3 Å². The largest absolute Gasteiger partial charge is 0.326 e. The van der Waals surface area contributed by atoms with Gasteiger partial charge in [-0.05, 0) is 35.4 Å². The van der Waals surface area contributed by atoms with E-state index in [9.17, 15) is 4.79 Å². The van der Waals surface area contributed by atoms with Gasteiger partial charge in [0.1, 0.15) is 12.7 Å². The Kier molecular flexibility index (Phi) is 3.73. The lowest BCUT2D eigenvalue weighted by atomic mass is 10.2. The van der Waals surface area contributed by atoms with E-state index in [1.165, 1.54) is 6.33 Å². The van der Waals surface area contributed by atoms with Crippen molar-refractivity contribution in [3.05, 3.63) is 36.9 Å². The Morgan fingerprint density at radius 2 is 2.25 bits per heavy atom. The molecule has 9 heteroatoms. The zero-order valence-corrected chi connectivity index (χ0v) is 12.9. The average Bonchev–Trinajstić information content (AvgIpc) is 3.11. The third kappa shape index (κ3) is 3.14. The topological polar surface area (TPSA) is 103 Å². The van der Waals surface area contributed by atoms with Gasteiger partial charge < -0.3 is 5.32 Å². The summed E-state index contributed by atoms with van der Waals surface area (Å²) < 4.78 is 3.48. The molecule has 0 aliphatic heterocycles. The van der Waals surface area contributed by atoms with Crippen LogP contribution in [0.5, 0.6) is 0 Å². The summed E-state index contributed by atoms with van der Waals surface area (Å²) in [4.78, 5) is 15.9. The van der Waals surface area contributed by atoms with Gasteiger partial charge in [-0.1, -0.05) is 12.1 Å². The second-order valence-electron chi connectivity index (χ2n) is 5.72. The number of anilines is 1. The number of amides is 1. The highest BCUT2D eigenvalue weighted by Gasteiger charge is 2.28. The number of nitrogens with one attached hydrogen (secondary N) is 1. The summed E-state index contributed by atoms with van der Waals surface area (Å²) in [6.07, 6.45) is 5.58. The van der Waals surface area contributed by atoms with Crippen LogP contribution >= 0.6 is 0 Å². The summed E-state index contributed by atoms with van der Waals surface area (Å²) in [5.41, 5.74) is 1.61. The van der Waals surface area contributed by atoms with Crippen molar-refractivity contribution >= 4 is 11.6 Å². The lowest BCUT2D eigenvalue weighted by Gasteiger charge is -2.08. The minimum absolute atomic E-state index is 0.0792. The van der Waals surface area contributed by atoms with Crippen LogP contribution in [0, 0.1) is 0 Å². The van der Waals surface area contributed by atoms with E-state index in [2.05, 4.69) is 30.9 Å². The third-order valence-corrected chi connectivity index (χ3v) is 3.82. The van der Waals surface area contributed by atoms with E-state index in [1.54, 1.807) is 11.0 Å². The predicted molar refractivity (Wildman–Crippen MR) is 84.8 cm³/mol. The molecule has 1 aliphatic carbocycles. The van der Waals surface area contributed by atoms with Gasteiger partial charge in [0.15, 0.2) is 5.82 Å². The van der Waals surface area contributed by atoms with E-state index in [4.69, 9.17) is 0 Å². The van der Waals surface area contributed by atoms with Crippen molar-refractivity contribution in [2.24, 2.45) is 0 Å². The number of aromatic nitrogens is 7. The summed E-state index contributed by atoms with van der Waals surface area (Å²) in [6.45, 7) is 0.492. The Bertz CT molecular complexity index is 837. The zero-order chi connectivity index (χ0) is 16.4. The molecule has 1 amide bonds. The van der Waals surface area contributed by atoms with Crippen molar-refractivity contribution in [3.63, 3.8) is 0 Å². The van der Waals surface area contributed by atoms with Gasteiger partial charge in [-0.2, -0.15) is 5.10 Å². The van der Waals surface area contributed by atoms with Gasteiger partial charge in [-0.3, -0.25) is 9.48 Å². The normalized spacial score (nSPS) is 13.8. The zero-order valence-electron chi connectivity index (χ0n) is 12.9. The summed E-state index contributed by atoms with van der Waals surface area (Å²) in [6, 6.07) is 7.96. The maximum atomic E-state index is 12.1. The van der Waals surface area contributed by atoms with Crippen molar-refractivity contribution in [3.8, 4) is 11.4 Å². The highest BCUT2D eigenvalue weighted by molar-refractivity contribution is 5.91. The van der Waals surface area contributed by atoms with Gasteiger partial charge in [0.25, 0.3) is 0 Å². The van der Waals surface area contributed by atoms with Gasteiger partial charge >= 0.3 is 0 Å². The fraction of sp³-hybridized carbons (Fsp3) is 0.333. The van der Waals surface area contributed by atoms with Gasteiger partial charge in [-0.25, -0.2) is 9.67 Å². The van der Waals surface area contributed by atoms with Crippen molar-refractivity contribution in [1.29, 1.82) is 0 Å². The first-order valence-corrected chi connectivity index (χ1v) is 7.80. The van der Waals surface area contributed by atoms with Crippen LogP contribution < -0.4 is 5.32 Å². The van der Waals surface area contributed by atoms with Crippen molar-refractivity contribution < 1.29 is 4.79 Å². The SMILES string of the molecule is O=C(CCn1cncn1)Nc1cccc(-c2nnnn2C2CC2)c1. The highest BCUT2D eigenvalue weighted by Crippen LogP contribution is 2.36. The van der Waals surface area contributed by atoms with E-state index < -0.39 is 0 Å². The first-order chi connectivity index (χ1) is 11.8. The number of carbonyl (C=O) groups excluding carboxylic acids is 1. The van der Waals surface area contributed by atoms with Gasteiger partial charge in [0.2, 0.25) is 5.91 Å². The number of nitrogens with zero attached hydrogens (tertiary/aromatic N) is 7. The summed E-state index contributed by atoms with van der Waals surface area (Å²) in [5.74, 6) is 0.653. The van der Waals surface area contributed by atoms with E-state index >= 15 is 0 Å². The van der Waals surface area contributed by atoms with Crippen molar-refractivity contribution in [2.75, 3.05) is 5.32 Å². The maximum Gasteiger partial charge on any atom is 0.226 e. The Labute approximate surface area is 137 Å². The molecule has 0 spiro atoms. The Hall–Kier alpha value is -3.10. The van der Waals surface area contributed by atoms with Crippen LogP contribution in [0.3, 0.4) is 0 Å². The molecule has 1 saturated carbocycles. The quantitative estimate of drug-likeness (QED) is 0.733. The number of hydrogen-bond acceptors (Lipinski definition) is 6. The lowest BCUT2D eigenvalue weighted by Crippen LogP contribution is -2.14. The molecule has 1 fully saturated rings. The Balaban J connectivity index is 1.44. The molecule has 0 atom stereocenters. The number of aryl methyl sites for hydroxylation is 1. The molecule has 122 valence electrons. The minimum atomic E-state index is -0.0792. The molecule has 24 heavy (non-hydrogen) atoms. The number of rotatable bonds is 6. The third-order valence-electron chi connectivity index (χ3n) is 3.82. The molecule has 0 radical (unpaired) electrons. The maximum absolute atomic E-state index is 12.1. The monoisotopic (exact) mass is 324 g/mol. The molecule has 1 aliphatic rings. The second kappa shape index (κ2) is 6.19. The van der Waals surface area contributed by atoms with Gasteiger partial charge in [0.05, 0.1) is 12.6 Å². The molecule has 3 aromatic rings. The second-order valence-corrected chi connectivity index (χ2v) is 5.72. The van der Waals surface area contributed by atoms with Crippen molar-refractivity contribution in [2.45, 2.75) is 31.8 Å². The average molecular weight is 324 g/mol. The van der Waals surface area contributed by atoms with E-state index in [-0.39, 0.29) is 5.91 Å². The van der Waals surface area contributed by atoms with Crippen LogP contribution in [-0.4, -0.2) is 40.9 Å². The summed E-state index contributed by atoms with van der Waals surface area (Å²) in [7, 11) is 0. The van der Waals surface area contributed by atoms with E-state index in [0.717, 1.165) is 29.9 Å². The van der Waals surface area contributed by atoms with E-state index in [0.29, 0.717) is 19.0 Å². The molecule has 4 rings (SSSR count).